The Labute approximate surface area is 270 Å². The van der Waals surface area contributed by atoms with Crippen molar-refractivity contribution in [1.82, 2.24) is 0 Å². The van der Waals surface area contributed by atoms with Crippen LogP contribution in [0.25, 0.3) is 87.3 Å². The molecule has 0 aliphatic carbocycles. The quantitative estimate of drug-likeness (QED) is 0.156. The van der Waals surface area contributed by atoms with Gasteiger partial charge in [-0.25, -0.2) is 0 Å². The topological polar surface area (TPSA) is 13.1 Å². The van der Waals surface area contributed by atoms with E-state index in [-0.39, 0.29) is 0 Å². The third-order valence-electron chi connectivity index (χ3n) is 6.95. The molecule has 41 heavy (non-hydrogen) atoms. The monoisotopic (exact) mass is 544 g/mol. The molecule has 9 rings (SSSR count). The molecule has 0 bridgehead atoms. The van der Waals surface area contributed by atoms with Crippen LogP contribution in [0.4, 0.5) is 0 Å². The Balaban J connectivity index is 1.74. The summed E-state index contributed by atoms with van der Waals surface area (Å²) in [6.07, 6.45) is 0. The van der Waals surface area contributed by atoms with Crippen molar-refractivity contribution < 1.29 is 37.3 Å². The SMILES string of the molecule is [2H]c1c([2H])c([2H])c2c(oc3c([2H])c([2H])c([2H])c(-c4c5c([2H])c([2H])c([2H])c([2H])c5c(-c5c([2H])c([2H])c([2H])c6c([2H])c([2H])c7c([2H])c([2H])c([2H])c([2H])c7c56)c5c([2H])c([2H])c([2H])c([2H])c45)c32)c1[2H]. The standard InChI is InChI=1S/C40H24O/c1-2-13-27-25(11-1)23-24-26-12-9-19-33(37(26)27)38-28-14-3-5-16-30(28)39(31-17-6-4-15-29(31)38)34-20-10-22-36-40(34)32-18-7-8-21-35(32)41-36/h1-24H/i1D,2D,3D,4D,5D,6D,7D,8D,9D,10D,11D,12D,13D,14D,15D,16D,17D,18D,19D,20D,21D,22D,23D,24D. The van der Waals surface area contributed by atoms with E-state index >= 15 is 0 Å². The second-order valence-electron chi connectivity index (χ2n) is 9.01. The molecule has 9 aromatic rings. The second-order valence-corrected chi connectivity index (χ2v) is 9.01. The van der Waals surface area contributed by atoms with E-state index in [0.29, 0.717) is 0 Å². The van der Waals surface area contributed by atoms with Crippen molar-refractivity contribution in [2.75, 3.05) is 0 Å². The highest BCUT2D eigenvalue weighted by atomic mass is 16.3. The van der Waals surface area contributed by atoms with Gasteiger partial charge >= 0.3 is 0 Å². The molecule has 0 saturated heterocycles. The molecule has 1 heteroatoms. The number of para-hydroxylation sites is 1. The van der Waals surface area contributed by atoms with Crippen molar-refractivity contribution in [3.05, 3.63) is 145 Å². The first-order chi connectivity index (χ1) is 30.3. The lowest BCUT2D eigenvalue weighted by atomic mass is 9.83. The van der Waals surface area contributed by atoms with Crippen LogP contribution in [0.1, 0.15) is 32.9 Å². The van der Waals surface area contributed by atoms with Crippen molar-refractivity contribution in [1.29, 1.82) is 0 Å². The molecule has 0 unspecified atom stereocenters. The van der Waals surface area contributed by atoms with Crippen molar-refractivity contribution >= 4 is 65.0 Å². The van der Waals surface area contributed by atoms with Gasteiger partial charge in [0, 0.05) is 10.8 Å². The first-order valence-corrected chi connectivity index (χ1v) is 12.2. The molecule has 0 N–H and O–H groups in total. The van der Waals surface area contributed by atoms with Crippen molar-refractivity contribution in [3.8, 4) is 22.3 Å². The van der Waals surface area contributed by atoms with E-state index in [2.05, 4.69) is 0 Å². The third-order valence-corrected chi connectivity index (χ3v) is 6.95. The van der Waals surface area contributed by atoms with Crippen LogP contribution in [0.2, 0.25) is 0 Å². The van der Waals surface area contributed by atoms with Gasteiger partial charge in [0.25, 0.3) is 0 Å². The molecule has 0 aliphatic rings. The highest BCUT2D eigenvalue weighted by Crippen LogP contribution is 2.48. The number of benzene rings is 8. The number of fused-ring (bicyclic) bond motifs is 8. The van der Waals surface area contributed by atoms with Gasteiger partial charge in [-0.15, -0.1) is 0 Å². The Hall–Kier alpha value is -5.40. The molecule has 0 atom stereocenters. The van der Waals surface area contributed by atoms with Gasteiger partial charge in [-0.05, 0) is 77.4 Å². The number of hydrogen-bond acceptors (Lipinski definition) is 1. The molecule has 0 radical (unpaired) electrons. The highest BCUT2D eigenvalue weighted by molar-refractivity contribution is 6.28. The molecule has 190 valence electrons. The largest absolute Gasteiger partial charge is 0.456 e. The lowest BCUT2D eigenvalue weighted by Gasteiger charge is -2.19. The third kappa shape index (κ3) is 3.18. The normalized spacial score (nSPS) is 20.1. The zero-order chi connectivity index (χ0) is 47.8. The summed E-state index contributed by atoms with van der Waals surface area (Å²) in [4.78, 5) is 0. The Bertz CT molecular complexity index is 3740. The van der Waals surface area contributed by atoms with E-state index in [4.69, 9.17) is 29.1 Å². The number of hydrogen-bond donors (Lipinski definition) is 0. The van der Waals surface area contributed by atoms with Crippen LogP contribution >= 0.6 is 0 Å². The summed E-state index contributed by atoms with van der Waals surface area (Å²) in [6.45, 7) is 0. The minimum absolute atomic E-state index is 0.450. The van der Waals surface area contributed by atoms with E-state index in [1.807, 2.05) is 0 Å². The molecular weight excluding hydrogens is 496 g/mol. The van der Waals surface area contributed by atoms with Gasteiger partial charge < -0.3 is 4.42 Å². The number of rotatable bonds is 2. The molecule has 0 saturated carbocycles. The Kier molecular flexibility index (Phi) is 1.94. The van der Waals surface area contributed by atoms with E-state index in [1.54, 1.807) is 0 Å². The molecule has 0 spiro atoms. The zero-order valence-corrected chi connectivity index (χ0v) is 20.4. The molecule has 1 heterocycles. The van der Waals surface area contributed by atoms with Crippen LogP contribution in [0.3, 0.4) is 0 Å². The maximum Gasteiger partial charge on any atom is 0.136 e. The maximum atomic E-state index is 9.48. The summed E-state index contributed by atoms with van der Waals surface area (Å²) in [5, 5.41) is -5.94. The zero-order valence-electron chi connectivity index (χ0n) is 44.4. The van der Waals surface area contributed by atoms with Gasteiger partial charge in [-0.2, -0.15) is 0 Å². The van der Waals surface area contributed by atoms with Crippen LogP contribution < -0.4 is 0 Å². The predicted octanol–water partition coefficient (Wildman–Crippen LogP) is 11.5. The molecule has 0 amide bonds. The van der Waals surface area contributed by atoms with E-state index < -0.39 is 232 Å². The number of furan rings is 1. The molecule has 1 aromatic heterocycles. The lowest BCUT2D eigenvalue weighted by Crippen LogP contribution is -1.92. The average molecular weight is 545 g/mol. The first kappa shape index (κ1) is 9.33. The molecule has 0 fully saturated rings. The molecule has 1 nitrogen and oxygen atoms in total. The lowest BCUT2D eigenvalue weighted by molar-refractivity contribution is 0.669. The molecule has 8 aromatic carbocycles. The summed E-state index contributed by atoms with van der Waals surface area (Å²) >= 11 is 0. The van der Waals surface area contributed by atoms with Crippen LogP contribution in [0.5, 0.6) is 0 Å². The molecule has 0 aliphatic heterocycles. The molecular formula is C40H24O. The summed E-state index contributed by atoms with van der Waals surface area (Å²) in [5.74, 6) is 0. The van der Waals surface area contributed by atoms with E-state index in [9.17, 15) is 8.22 Å². The first-order valence-electron chi connectivity index (χ1n) is 24.2. The summed E-state index contributed by atoms with van der Waals surface area (Å²) in [7, 11) is 0. The summed E-state index contributed by atoms with van der Waals surface area (Å²) in [5.41, 5.74) is -3.74. The van der Waals surface area contributed by atoms with Gasteiger partial charge in [0.2, 0.25) is 0 Å². The fourth-order valence-corrected chi connectivity index (χ4v) is 5.33. The van der Waals surface area contributed by atoms with Gasteiger partial charge in [0.05, 0.1) is 32.9 Å². The summed E-state index contributed by atoms with van der Waals surface area (Å²) in [6, 6.07) is -21.0. The predicted molar refractivity (Wildman–Crippen MR) is 175 cm³/mol. The minimum Gasteiger partial charge on any atom is -0.456 e. The Morgan fingerprint density at radius 1 is 0.341 bits per heavy atom. The highest BCUT2D eigenvalue weighted by Gasteiger charge is 2.21. The van der Waals surface area contributed by atoms with Crippen LogP contribution in [-0.4, -0.2) is 0 Å². The van der Waals surface area contributed by atoms with E-state index in [1.165, 1.54) is 0 Å². The van der Waals surface area contributed by atoms with Gasteiger partial charge in [0.1, 0.15) is 11.2 Å². The van der Waals surface area contributed by atoms with Gasteiger partial charge in [-0.1, -0.05) is 133 Å². The van der Waals surface area contributed by atoms with Crippen LogP contribution in [-0.2, 0) is 0 Å². The van der Waals surface area contributed by atoms with Gasteiger partial charge in [0.15, 0.2) is 0 Å². The van der Waals surface area contributed by atoms with Crippen molar-refractivity contribution in [3.63, 3.8) is 0 Å². The second kappa shape index (κ2) is 8.55. The van der Waals surface area contributed by atoms with Crippen molar-refractivity contribution in [2.24, 2.45) is 0 Å². The average Bonchev–Trinajstić information content (AvgIpc) is 3.68. The smallest absolute Gasteiger partial charge is 0.136 e. The Morgan fingerprint density at radius 3 is 1.49 bits per heavy atom. The van der Waals surface area contributed by atoms with Crippen molar-refractivity contribution in [2.45, 2.75) is 0 Å². The summed E-state index contributed by atoms with van der Waals surface area (Å²) < 4.78 is 221. The van der Waals surface area contributed by atoms with E-state index in [0.717, 1.165) is 0 Å². The van der Waals surface area contributed by atoms with Crippen LogP contribution in [0.15, 0.2) is 149 Å². The fourth-order valence-electron chi connectivity index (χ4n) is 5.33. The van der Waals surface area contributed by atoms with Gasteiger partial charge in [-0.3, -0.25) is 0 Å². The minimum atomic E-state index is -0.962. The Morgan fingerprint density at radius 2 is 0.805 bits per heavy atom. The van der Waals surface area contributed by atoms with Crippen LogP contribution in [0, 0.1) is 0 Å². The fraction of sp³-hybridized carbons (Fsp3) is 0. The maximum absolute atomic E-state index is 9.48.